The second kappa shape index (κ2) is 6.86. The lowest BCUT2D eigenvalue weighted by Crippen LogP contribution is -2.15. The summed E-state index contributed by atoms with van der Waals surface area (Å²) in [7, 11) is 3.29. The van der Waals surface area contributed by atoms with Crippen LogP contribution in [-0.4, -0.2) is 24.2 Å². The number of nitrogens with zero attached hydrogens (tertiary/aromatic N) is 2. The van der Waals surface area contributed by atoms with E-state index in [1.165, 1.54) is 0 Å². The average molecular weight is 273 g/mol. The summed E-state index contributed by atoms with van der Waals surface area (Å²) in [5.41, 5.74) is 2.02. The van der Waals surface area contributed by atoms with Gasteiger partial charge in [-0.25, -0.2) is 9.97 Å². The molecule has 0 aliphatic carbocycles. The van der Waals surface area contributed by atoms with E-state index in [-0.39, 0.29) is 0 Å². The maximum Gasteiger partial charge on any atom is 0.165 e. The van der Waals surface area contributed by atoms with E-state index in [4.69, 9.17) is 9.47 Å². The minimum atomic E-state index is 0.684. The third kappa shape index (κ3) is 3.45. The summed E-state index contributed by atoms with van der Waals surface area (Å²) in [6.45, 7) is 3.25. The van der Waals surface area contributed by atoms with E-state index in [0.717, 1.165) is 28.6 Å². The molecule has 1 aromatic heterocycles. The van der Waals surface area contributed by atoms with Crippen LogP contribution in [0.2, 0.25) is 0 Å². The molecule has 0 fully saturated rings. The molecule has 20 heavy (non-hydrogen) atoms. The minimum Gasteiger partial charge on any atom is -0.493 e. The zero-order valence-corrected chi connectivity index (χ0v) is 12.0. The van der Waals surface area contributed by atoms with Crippen molar-refractivity contribution < 1.29 is 9.47 Å². The van der Waals surface area contributed by atoms with Gasteiger partial charge in [-0.2, -0.15) is 0 Å². The highest BCUT2D eigenvalue weighted by atomic mass is 16.5. The third-order valence-electron chi connectivity index (χ3n) is 2.94. The van der Waals surface area contributed by atoms with Crippen LogP contribution in [0.5, 0.6) is 11.5 Å². The van der Waals surface area contributed by atoms with Crippen molar-refractivity contribution in [1.82, 2.24) is 15.3 Å². The summed E-state index contributed by atoms with van der Waals surface area (Å²) in [5.74, 6) is 2.29. The van der Waals surface area contributed by atoms with Crippen LogP contribution in [0, 0.1) is 6.92 Å². The number of hydrogen-bond acceptors (Lipinski definition) is 5. The molecule has 0 amide bonds. The van der Waals surface area contributed by atoms with Crippen LogP contribution in [0.3, 0.4) is 0 Å². The molecule has 1 aromatic carbocycles. The Morgan fingerprint density at radius 3 is 2.65 bits per heavy atom. The molecule has 0 aliphatic heterocycles. The van der Waals surface area contributed by atoms with Crippen molar-refractivity contribution in [3.8, 4) is 11.5 Å². The number of hydrogen-bond donors (Lipinski definition) is 1. The number of aryl methyl sites for hydroxylation is 1. The Balaban J connectivity index is 2.01. The highest BCUT2D eigenvalue weighted by molar-refractivity contribution is 5.46. The number of aromatic nitrogens is 2. The normalized spacial score (nSPS) is 10.3. The van der Waals surface area contributed by atoms with Gasteiger partial charge in [-0.05, 0) is 19.1 Å². The number of rotatable bonds is 6. The summed E-state index contributed by atoms with van der Waals surface area (Å²) in [6, 6.07) is 7.76. The van der Waals surface area contributed by atoms with Gasteiger partial charge in [-0.1, -0.05) is 12.1 Å². The van der Waals surface area contributed by atoms with Gasteiger partial charge in [-0.3, -0.25) is 0 Å². The van der Waals surface area contributed by atoms with Gasteiger partial charge in [0.1, 0.15) is 5.82 Å². The third-order valence-corrected chi connectivity index (χ3v) is 2.94. The molecule has 0 radical (unpaired) electrons. The maximum atomic E-state index is 5.40. The molecule has 0 unspecified atom stereocenters. The smallest absolute Gasteiger partial charge is 0.165 e. The van der Waals surface area contributed by atoms with E-state index in [2.05, 4.69) is 15.3 Å². The maximum absolute atomic E-state index is 5.40. The lowest BCUT2D eigenvalue weighted by Gasteiger charge is -2.13. The molecular weight excluding hydrogens is 254 g/mol. The Kier molecular flexibility index (Phi) is 4.90. The minimum absolute atomic E-state index is 0.684. The molecule has 5 nitrogen and oxygen atoms in total. The second-order valence-corrected chi connectivity index (χ2v) is 4.35. The number of nitrogens with one attached hydrogen (secondary N) is 1. The van der Waals surface area contributed by atoms with Crippen LogP contribution in [0.4, 0.5) is 0 Å². The summed E-state index contributed by atoms with van der Waals surface area (Å²) in [6.07, 6.45) is 1.77. The van der Waals surface area contributed by atoms with Crippen LogP contribution in [0.15, 0.2) is 30.5 Å². The lowest BCUT2D eigenvalue weighted by atomic mass is 10.2. The highest BCUT2D eigenvalue weighted by Gasteiger charge is 2.08. The van der Waals surface area contributed by atoms with E-state index >= 15 is 0 Å². The standard InChI is InChI=1S/C15H19N3O2/c1-11-17-8-7-13(18-11)10-16-9-12-5-4-6-14(19-2)15(12)20-3/h4-8,16H,9-10H2,1-3H3. The molecule has 1 heterocycles. The van der Waals surface area contributed by atoms with Crippen molar-refractivity contribution in [2.45, 2.75) is 20.0 Å². The van der Waals surface area contributed by atoms with Crippen molar-refractivity contribution in [2.24, 2.45) is 0 Å². The fourth-order valence-corrected chi connectivity index (χ4v) is 2.02. The Labute approximate surface area is 119 Å². The molecule has 0 saturated heterocycles. The van der Waals surface area contributed by atoms with Crippen molar-refractivity contribution in [3.05, 3.63) is 47.5 Å². The Bertz CT molecular complexity index is 573. The number of para-hydroxylation sites is 1. The average Bonchev–Trinajstić information content (AvgIpc) is 2.47. The first-order chi connectivity index (χ1) is 9.74. The fraction of sp³-hybridized carbons (Fsp3) is 0.333. The van der Waals surface area contributed by atoms with Crippen LogP contribution in [-0.2, 0) is 13.1 Å². The predicted molar refractivity (Wildman–Crippen MR) is 76.9 cm³/mol. The first-order valence-electron chi connectivity index (χ1n) is 6.43. The van der Waals surface area contributed by atoms with E-state index < -0.39 is 0 Å². The quantitative estimate of drug-likeness (QED) is 0.873. The Morgan fingerprint density at radius 1 is 1.10 bits per heavy atom. The number of methoxy groups -OCH3 is 2. The highest BCUT2D eigenvalue weighted by Crippen LogP contribution is 2.30. The van der Waals surface area contributed by atoms with Crippen molar-refractivity contribution in [1.29, 1.82) is 0 Å². The van der Waals surface area contributed by atoms with Crippen LogP contribution in [0.25, 0.3) is 0 Å². The molecule has 106 valence electrons. The van der Waals surface area contributed by atoms with Gasteiger partial charge in [0.15, 0.2) is 11.5 Å². The van der Waals surface area contributed by atoms with E-state index in [9.17, 15) is 0 Å². The Hall–Kier alpha value is -2.14. The molecule has 2 rings (SSSR count). The molecule has 0 aliphatic rings. The van der Waals surface area contributed by atoms with Gasteiger partial charge in [0.2, 0.25) is 0 Å². The van der Waals surface area contributed by atoms with Crippen molar-refractivity contribution >= 4 is 0 Å². The van der Waals surface area contributed by atoms with E-state index in [1.807, 2.05) is 31.2 Å². The Morgan fingerprint density at radius 2 is 1.95 bits per heavy atom. The first-order valence-corrected chi connectivity index (χ1v) is 6.43. The summed E-state index contributed by atoms with van der Waals surface area (Å²) < 4.78 is 10.7. The van der Waals surface area contributed by atoms with Gasteiger partial charge in [0.05, 0.1) is 19.9 Å². The van der Waals surface area contributed by atoms with Gasteiger partial charge < -0.3 is 14.8 Å². The monoisotopic (exact) mass is 273 g/mol. The second-order valence-electron chi connectivity index (χ2n) is 4.35. The molecule has 0 bridgehead atoms. The molecule has 0 spiro atoms. The summed E-state index contributed by atoms with van der Waals surface area (Å²) in [4.78, 5) is 8.43. The van der Waals surface area contributed by atoms with Crippen LogP contribution in [0.1, 0.15) is 17.1 Å². The van der Waals surface area contributed by atoms with Gasteiger partial charge in [0, 0.05) is 24.8 Å². The molecule has 5 heteroatoms. The SMILES string of the molecule is COc1cccc(CNCc2ccnc(C)n2)c1OC. The number of ether oxygens (including phenoxy) is 2. The molecule has 1 N–H and O–H groups in total. The van der Waals surface area contributed by atoms with Crippen LogP contribution < -0.4 is 14.8 Å². The zero-order valence-electron chi connectivity index (χ0n) is 12.0. The molecule has 0 saturated carbocycles. The van der Waals surface area contributed by atoms with E-state index in [0.29, 0.717) is 13.1 Å². The molecule has 2 aromatic rings. The van der Waals surface area contributed by atoms with Gasteiger partial charge in [0.25, 0.3) is 0 Å². The van der Waals surface area contributed by atoms with Crippen LogP contribution >= 0.6 is 0 Å². The van der Waals surface area contributed by atoms with Gasteiger partial charge in [-0.15, -0.1) is 0 Å². The van der Waals surface area contributed by atoms with Gasteiger partial charge >= 0.3 is 0 Å². The topological polar surface area (TPSA) is 56.3 Å². The van der Waals surface area contributed by atoms with Crippen molar-refractivity contribution in [3.63, 3.8) is 0 Å². The predicted octanol–water partition coefficient (Wildman–Crippen LogP) is 2.09. The fourth-order valence-electron chi connectivity index (χ4n) is 2.02. The lowest BCUT2D eigenvalue weighted by molar-refractivity contribution is 0.350. The molecular formula is C15H19N3O2. The van der Waals surface area contributed by atoms with E-state index in [1.54, 1.807) is 20.4 Å². The summed E-state index contributed by atoms with van der Waals surface area (Å²) >= 11 is 0. The first kappa shape index (κ1) is 14.3. The summed E-state index contributed by atoms with van der Waals surface area (Å²) in [5, 5.41) is 3.35. The number of benzene rings is 1. The van der Waals surface area contributed by atoms with Crippen molar-refractivity contribution in [2.75, 3.05) is 14.2 Å². The largest absolute Gasteiger partial charge is 0.493 e. The molecule has 0 atom stereocenters. The zero-order chi connectivity index (χ0) is 14.4.